The van der Waals surface area contributed by atoms with Crippen LogP contribution in [0.3, 0.4) is 0 Å². The fourth-order valence-electron chi connectivity index (χ4n) is 3.27. The fraction of sp³-hybridized carbons (Fsp3) is 0.0400. The molecule has 0 saturated heterocycles. The Morgan fingerprint density at radius 1 is 0.867 bits per heavy atom. The standard InChI is InChI=1S/C25H21N5/c26-17-22-23(29-20-12-6-2-7-13-20)16-24(27)30(21-14-8-3-9-15-21)25(22)28-18-19-10-4-1-5-11-19/h1-16,29H,18,27H2. The van der Waals surface area contributed by atoms with Gasteiger partial charge in [-0.3, -0.25) is 9.56 Å². The van der Waals surface area contributed by atoms with Crippen LogP contribution in [0.15, 0.2) is 102 Å². The first-order chi connectivity index (χ1) is 14.8. The zero-order chi connectivity index (χ0) is 20.8. The molecule has 4 rings (SSSR count). The highest BCUT2D eigenvalue weighted by Crippen LogP contribution is 2.23. The normalized spacial score (nSPS) is 11.1. The van der Waals surface area contributed by atoms with Crippen LogP contribution in [0.5, 0.6) is 0 Å². The minimum Gasteiger partial charge on any atom is -0.385 e. The van der Waals surface area contributed by atoms with E-state index in [1.807, 2.05) is 95.6 Å². The van der Waals surface area contributed by atoms with Crippen molar-refractivity contribution in [1.82, 2.24) is 4.57 Å². The minimum absolute atomic E-state index is 0.438. The summed E-state index contributed by atoms with van der Waals surface area (Å²) in [5, 5.41) is 13.3. The van der Waals surface area contributed by atoms with Crippen LogP contribution >= 0.6 is 0 Å². The smallest absolute Gasteiger partial charge is 0.154 e. The summed E-state index contributed by atoms with van der Waals surface area (Å²) in [5.74, 6) is 0.491. The number of hydrogen-bond acceptors (Lipinski definition) is 4. The van der Waals surface area contributed by atoms with Crippen molar-refractivity contribution >= 4 is 17.2 Å². The van der Waals surface area contributed by atoms with Crippen molar-refractivity contribution < 1.29 is 0 Å². The molecular weight excluding hydrogens is 370 g/mol. The van der Waals surface area contributed by atoms with Crippen molar-refractivity contribution in [2.24, 2.45) is 4.99 Å². The lowest BCUT2D eigenvalue weighted by atomic mass is 10.2. The average Bonchev–Trinajstić information content (AvgIpc) is 2.79. The number of benzene rings is 3. The predicted octanol–water partition coefficient (Wildman–Crippen LogP) is 4.78. The molecule has 0 aliphatic carbocycles. The Morgan fingerprint density at radius 3 is 2.10 bits per heavy atom. The molecule has 3 N–H and O–H groups in total. The first-order valence-corrected chi connectivity index (χ1v) is 9.64. The molecule has 0 fully saturated rings. The number of pyridine rings is 1. The van der Waals surface area contributed by atoms with Crippen molar-refractivity contribution in [2.45, 2.75) is 6.54 Å². The number of aromatic nitrogens is 1. The SMILES string of the molecule is N#Cc1c(Nc2ccccc2)cc(N)n(-c2ccccc2)c1=NCc1ccccc1. The lowest BCUT2D eigenvalue weighted by Gasteiger charge is -2.17. The first-order valence-electron chi connectivity index (χ1n) is 9.64. The summed E-state index contributed by atoms with van der Waals surface area (Å²) in [6, 6.07) is 33.5. The van der Waals surface area contributed by atoms with Crippen LogP contribution < -0.4 is 16.5 Å². The van der Waals surface area contributed by atoms with Crippen LogP contribution in [-0.2, 0) is 6.54 Å². The molecular formula is C25H21N5. The van der Waals surface area contributed by atoms with Gasteiger partial charge in [0, 0.05) is 17.4 Å². The maximum atomic E-state index is 10.0. The van der Waals surface area contributed by atoms with E-state index in [4.69, 9.17) is 10.7 Å². The lowest BCUT2D eigenvalue weighted by Crippen LogP contribution is -2.26. The van der Waals surface area contributed by atoms with Crippen LogP contribution in [0, 0.1) is 11.3 Å². The molecule has 0 bridgehead atoms. The maximum Gasteiger partial charge on any atom is 0.154 e. The van der Waals surface area contributed by atoms with Gasteiger partial charge in [-0.25, -0.2) is 0 Å². The summed E-state index contributed by atoms with van der Waals surface area (Å²) in [6.07, 6.45) is 0. The molecule has 3 aromatic carbocycles. The molecule has 30 heavy (non-hydrogen) atoms. The lowest BCUT2D eigenvalue weighted by molar-refractivity contribution is 0.887. The molecule has 0 unspecified atom stereocenters. The quantitative estimate of drug-likeness (QED) is 0.514. The highest BCUT2D eigenvalue weighted by atomic mass is 15.1. The van der Waals surface area contributed by atoms with Crippen molar-refractivity contribution in [1.29, 1.82) is 5.26 Å². The van der Waals surface area contributed by atoms with Gasteiger partial charge in [0.2, 0.25) is 0 Å². The van der Waals surface area contributed by atoms with Crippen molar-refractivity contribution in [3.63, 3.8) is 0 Å². The number of para-hydroxylation sites is 2. The minimum atomic E-state index is 0.438. The van der Waals surface area contributed by atoms with Crippen molar-refractivity contribution in [3.8, 4) is 11.8 Å². The van der Waals surface area contributed by atoms with E-state index in [0.717, 1.165) is 16.9 Å². The summed E-state index contributed by atoms with van der Waals surface area (Å²) in [6.45, 7) is 0.441. The topological polar surface area (TPSA) is 79.1 Å². The second kappa shape index (κ2) is 8.80. The van der Waals surface area contributed by atoms with Gasteiger partial charge in [-0.15, -0.1) is 0 Å². The Labute approximate surface area is 175 Å². The van der Waals surface area contributed by atoms with E-state index in [-0.39, 0.29) is 0 Å². The van der Waals surface area contributed by atoms with E-state index in [1.165, 1.54) is 0 Å². The van der Waals surface area contributed by atoms with Gasteiger partial charge in [-0.1, -0.05) is 66.7 Å². The van der Waals surface area contributed by atoms with E-state index in [1.54, 1.807) is 6.07 Å². The van der Waals surface area contributed by atoms with Crippen molar-refractivity contribution in [3.05, 3.63) is 114 Å². The van der Waals surface area contributed by atoms with Gasteiger partial charge < -0.3 is 11.1 Å². The third kappa shape index (κ3) is 4.08. The summed E-state index contributed by atoms with van der Waals surface area (Å²) in [4.78, 5) is 4.81. The van der Waals surface area contributed by atoms with Crippen LogP contribution in [0.1, 0.15) is 11.1 Å². The predicted molar refractivity (Wildman–Crippen MR) is 120 cm³/mol. The van der Waals surface area contributed by atoms with Gasteiger partial charge in [0.05, 0.1) is 12.2 Å². The summed E-state index contributed by atoms with van der Waals surface area (Å²) >= 11 is 0. The molecule has 4 aromatic rings. The largest absolute Gasteiger partial charge is 0.385 e. The van der Waals surface area contributed by atoms with Gasteiger partial charge in [0.25, 0.3) is 0 Å². The molecule has 5 heteroatoms. The second-order valence-corrected chi connectivity index (χ2v) is 6.76. The number of nitriles is 1. The summed E-state index contributed by atoms with van der Waals surface area (Å²) < 4.78 is 1.82. The summed E-state index contributed by atoms with van der Waals surface area (Å²) in [7, 11) is 0. The van der Waals surface area contributed by atoms with E-state index < -0.39 is 0 Å². The Morgan fingerprint density at radius 2 is 1.47 bits per heavy atom. The van der Waals surface area contributed by atoms with Crippen LogP contribution in [0.25, 0.3) is 5.69 Å². The highest BCUT2D eigenvalue weighted by Gasteiger charge is 2.13. The number of hydrogen-bond donors (Lipinski definition) is 2. The zero-order valence-electron chi connectivity index (χ0n) is 16.4. The Bertz CT molecular complexity index is 1240. The van der Waals surface area contributed by atoms with Gasteiger partial charge >= 0.3 is 0 Å². The number of nitrogens with one attached hydrogen (secondary N) is 1. The summed E-state index contributed by atoms with van der Waals surface area (Å²) in [5.41, 5.74) is 10.8. The monoisotopic (exact) mass is 391 g/mol. The second-order valence-electron chi connectivity index (χ2n) is 6.76. The highest BCUT2D eigenvalue weighted by molar-refractivity contribution is 5.69. The molecule has 0 atom stereocenters. The van der Waals surface area contributed by atoms with E-state index in [2.05, 4.69) is 11.4 Å². The molecule has 146 valence electrons. The molecule has 5 nitrogen and oxygen atoms in total. The van der Waals surface area contributed by atoms with Gasteiger partial charge in [-0.05, 0) is 29.8 Å². The number of anilines is 3. The Balaban J connectivity index is 1.91. The van der Waals surface area contributed by atoms with E-state index in [9.17, 15) is 5.26 Å². The number of rotatable bonds is 5. The molecule has 1 heterocycles. The molecule has 0 amide bonds. The Hall–Kier alpha value is -4.30. The van der Waals surface area contributed by atoms with Crippen molar-refractivity contribution in [2.75, 3.05) is 11.1 Å². The van der Waals surface area contributed by atoms with Gasteiger partial charge in [0.1, 0.15) is 17.5 Å². The van der Waals surface area contributed by atoms with E-state index >= 15 is 0 Å². The Kier molecular flexibility index (Phi) is 5.59. The van der Waals surface area contributed by atoms with E-state index in [0.29, 0.717) is 29.1 Å². The molecule has 0 radical (unpaired) electrons. The molecule has 0 saturated carbocycles. The number of nitrogens with zero attached hydrogens (tertiary/aromatic N) is 3. The first kappa shape index (κ1) is 19.0. The number of nitrogens with two attached hydrogens (primary N) is 1. The molecule has 0 aliphatic rings. The average molecular weight is 391 g/mol. The third-order valence-electron chi connectivity index (χ3n) is 4.69. The number of nitrogen functional groups attached to an aromatic ring is 1. The maximum absolute atomic E-state index is 10.0. The fourth-order valence-corrected chi connectivity index (χ4v) is 3.27. The molecule has 0 spiro atoms. The van der Waals surface area contributed by atoms with Crippen LogP contribution in [0.4, 0.5) is 17.2 Å². The van der Waals surface area contributed by atoms with Gasteiger partial charge in [0.15, 0.2) is 5.49 Å². The van der Waals surface area contributed by atoms with Crippen LogP contribution in [0.2, 0.25) is 0 Å². The third-order valence-corrected chi connectivity index (χ3v) is 4.69. The van der Waals surface area contributed by atoms with Crippen LogP contribution in [-0.4, -0.2) is 4.57 Å². The molecule has 0 aliphatic heterocycles. The molecule has 1 aromatic heterocycles. The zero-order valence-corrected chi connectivity index (χ0v) is 16.4. The van der Waals surface area contributed by atoms with Gasteiger partial charge in [-0.2, -0.15) is 5.26 Å².